The molecule has 0 aromatic heterocycles. The molecular formula is C4H7IN2O2. The van der Waals surface area contributed by atoms with Gasteiger partial charge in [0.05, 0.1) is 6.21 Å². The Hall–Kier alpha value is -0.330. The summed E-state index contributed by atoms with van der Waals surface area (Å²) < 4.78 is 0.836. The van der Waals surface area contributed by atoms with Crippen LogP contribution in [0.2, 0.25) is 0 Å². The van der Waals surface area contributed by atoms with Crippen LogP contribution < -0.4 is 0 Å². The van der Waals surface area contributed by atoms with E-state index in [1.54, 1.807) is 0 Å². The van der Waals surface area contributed by atoms with Gasteiger partial charge in [-0.05, 0) is 0 Å². The molecule has 0 aromatic carbocycles. The second kappa shape index (κ2) is 5.80. The fraction of sp³-hybridized carbons (Fsp3) is 0.500. The molecule has 0 saturated carbocycles. The van der Waals surface area contributed by atoms with Gasteiger partial charge >= 0.3 is 0 Å². The molecule has 0 unspecified atom stereocenters. The second-order valence-electron chi connectivity index (χ2n) is 1.27. The maximum absolute atomic E-state index is 8.17. The summed E-state index contributed by atoms with van der Waals surface area (Å²) in [6.45, 7) is 0. The van der Waals surface area contributed by atoms with Crippen LogP contribution in [0.1, 0.15) is 6.42 Å². The van der Waals surface area contributed by atoms with Crippen LogP contribution >= 0.6 is 22.6 Å². The van der Waals surface area contributed by atoms with Gasteiger partial charge in [-0.25, -0.2) is 0 Å². The van der Waals surface area contributed by atoms with E-state index in [0.29, 0.717) is 12.1 Å². The Morgan fingerprint density at radius 2 is 2.22 bits per heavy atom. The van der Waals surface area contributed by atoms with Gasteiger partial charge in [0, 0.05) is 10.8 Å². The van der Waals surface area contributed by atoms with Crippen molar-refractivity contribution >= 4 is 34.5 Å². The summed E-state index contributed by atoms with van der Waals surface area (Å²) in [6.07, 6.45) is 1.72. The van der Waals surface area contributed by atoms with Crippen LogP contribution in [0.3, 0.4) is 0 Å². The van der Waals surface area contributed by atoms with E-state index in [9.17, 15) is 0 Å². The van der Waals surface area contributed by atoms with E-state index >= 15 is 0 Å². The van der Waals surface area contributed by atoms with Gasteiger partial charge < -0.3 is 10.4 Å². The average molecular weight is 242 g/mol. The van der Waals surface area contributed by atoms with Crippen LogP contribution in [0.5, 0.6) is 0 Å². The number of alkyl halides is 1. The molecule has 9 heavy (non-hydrogen) atoms. The normalized spacial score (nSPS) is 12.8. The minimum absolute atomic E-state index is 0.381. The molecule has 0 radical (unpaired) electrons. The van der Waals surface area contributed by atoms with E-state index in [4.69, 9.17) is 10.4 Å². The first-order valence-electron chi connectivity index (χ1n) is 2.29. The Morgan fingerprint density at radius 3 is 2.56 bits per heavy atom. The van der Waals surface area contributed by atoms with Crippen molar-refractivity contribution in [2.24, 2.45) is 10.3 Å². The fourth-order valence-electron chi connectivity index (χ4n) is 0.304. The van der Waals surface area contributed by atoms with Crippen LogP contribution in [0, 0.1) is 0 Å². The highest BCUT2D eigenvalue weighted by molar-refractivity contribution is 14.1. The Kier molecular flexibility index (Phi) is 5.59. The highest BCUT2D eigenvalue weighted by Gasteiger charge is 1.92. The number of halogens is 1. The fourth-order valence-corrected chi connectivity index (χ4v) is 0.856. The zero-order chi connectivity index (χ0) is 7.11. The van der Waals surface area contributed by atoms with Crippen molar-refractivity contribution in [1.82, 2.24) is 0 Å². The Labute approximate surface area is 66.4 Å². The lowest BCUT2D eigenvalue weighted by Crippen LogP contribution is -1.99. The van der Waals surface area contributed by atoms with Crippen molar-refractivity contribution in [3.05, 3.63) is 0 Å². The molecular weight excluding hydrogens is 235 g/mol. The number of rotatable bonds is 3. The molecule has 0 aliphatic rings. The third-order valence-corrected chi connectivity index (χ3v) is 1.23. The van der Waals surface area contributed by atoms with Crippen molar-refractivity contribution in [2.75, 3.05) is 4.43 Å². The lowest BCUT2D eigenvalue weighted by atomic mass is 10.3. The first-order valence-corrected chi connectivity index (χ1v) is 3.82. The summed E-state index contributed by atoms with van der Waals surface area (Å²) in [6, 6.07) is 0. The molecule has 4 nitrogen and oxygen atoms in total. The average Bonchev–Trinajstić information content (AvgIpc) is 1.88. The van der Waals surface area contributed by atoms with E-state index < -0.39 is 0 Å². The number of oxime groups is 2. The number of nitrogens with zero attached hydrogens (tertiary/aromatic N) is 2. The maximum atomic E-state index is 8.17. The molecule has 0 atom stereocenters. The zero-order valence-corrected chi connectivity index (χ0v) is 6.82. The first-order chi connectivity index (χ1) is 4.35. The molecule has 0 rings (SSSR count). The lowest BCUT2D eigenvalue weighted by Gasteiger charge is -1.88. The predicted molar refractivity (Wildman–Crippen MR) is 43.0 cm³/mol. The van der Waals surface area contributed by atoms with E-state index in [0.717, 1.165) is 10.6 Å². The van der Waals surface area contributed by atoms with Gasteiger partial charge in [0.2, 0.25) is 0 Å². The van der Waals surface area contributed by atoms with Gasteiger partial charge in [-0.15, -0.1) is 0 Å². The summed E-state index contributed by atoms with van der Waals surface area (Å²) in [7, 11) is 0. The topological polar surface area (TPSA) is 65.2 Å². The molecule has 0 spiro atoms. The molecule has 0 amide bonds. The summed E-state index contributed by atoms with van der Waals surface area (Å²) in [5, 5.41) is 21.7. The van der Waals surface area contributed by atoms with Gasteiger partial charge in [0.1, 0.15) is 5.71 Å². The summed E-state index contributed by atoms with van der Waals surface area (Å²) in [4.78, 5) is 0. The van der Waals surface area contributed by atoms with Gasteiger partial charge in [-0.1, -0.05) is 32.9 Å². The highest BCUT2D eigenvalue weighted by Crippen LogP contribution is 1.89. The van der Waals surface area contributed by atoms with Gasteiger partial charge in [0.15, 0.2) is 0 Å². The van der Waals surface area contributed by atoms with Crippen molar-refractivity contribution in [2.45, 2.75) is 6.42 Å². The van der Waals surface area contributed by atoms with E-state index in [1.807, 2.05) is 0 Å². The molecule has 5 heteroatoms. The largest absolute Gasteiger partial charge is 0.411 e. The predicted octanol–water partition coefficient (Wildman–Crippen LogP) is 1.10. The number of hydrogen-bond donors (Lipinski definition) is 2. The Morgan fingerprint density at radius 1 is 1.56 bits per heavy atom. The Balaban J connectivity index is 3.70. The number of hydrogen-bond acceptors (Lipinski definition) is 4. The molecule has 0 aliphatic carbocycles. The van der Waals surface area contributed by atoms with Crippen LogP contribution in [0.15, 0.2) is 10.3 Å². The van der Waals surface area contributed by atoms with Gasteiger partial charge in [-0.3, -0.25) is 0 Å². The van der Waals surface area contributed by atoms with Crippen molar-refractivity contribution in [3.8, 4) is 0 Å². The van der Waals surface area contributed by atoms with E-state index in [2.05, 4.69) is 32.9 Å². The van der Waals surface area contributed by atoms with E-state index in [1.165, 1.54) is 0 Å². The SMILES string of the molecule is ON=CC(CCI)=NO. The van der Waals surface area contributed by atoms with Gasteiger partial charge in [-0.2, -0.15) is 0 Å². The smallest absolute Gasteiger partial charge is 0.102 e. The maximum Gasteiger partial charge on any atom is 0.102 e. The molecule has 0 bridgehead atoms. The van der Waals surface area contributed by atoms with Crippen LogP contribution in [0.25, 0.3) is 0 Å². The van der Waals surface area contributed by atoms with E-state index in [-0.39, 0.29) is 0 Å². The summed E-state index contributed by atoms with van der Waals surface area (Å²) in [5.41, 5.74) is 0.381. The molecule has 0 aliphatic heterocycles. The molecule has 2 N–H and O–H groups in total. The second-order valence-corrected chi connectivity index (χ2v) is 2.35. The molecule has 0 fully saturated rings. The third kappa shape index (κ3) is 4.19. The standard InChI is InChI=1S/C4H7IN2O2/c5-2-1-4(7-9)3-6-8/h3,8-9H,1-2H2. The van der Waals surface area contributed by atoms with Crippen LogP contribution in [-0.4, -0.2) is 26.8 Å². The first kappa shape index (κ1) is 8.67. The Bertz CT molecular complexity index is 124. The van der Waals surface area contributed by atoms with Crippen molar-refractivity contribution in [3.63, 3.8) is 0 Å². The molecule has 52 valence electrons. The summed E-state index contributed by atoms with van der Waals surface area (Å²) in [5.74, 6) is 0. The minimum Gasteiger partial charge on any atom is -0.411 e. The van der Waals surface area contributed by atoms with Crippen LogP contribution in [-0.2, 0) is 0 Å². The quantitative estimate of drug-likeness (QED) is 0.256. The summed E-state index contributed by atoms with van der Waals surface area (Å²) >= 11 is 2.13. The highest BCUT2D eigenvalue weighted by atomic mass is 127. The third-order valence-electron chi connectivity index (χ3n) is 0.686. The van der Waals surface area contributed by atoms with Crippen molar-refractivity contribution in [1.29, 1.82) is 0 Å². The van der Waals surface area contributed by atoms with Gasteiger partial charge in [0.25, 0.3) is 0 Å². The monoisotopic (exact) mass is 242 g/mol. The van der Waals surface area contributed by atoms with Crippen LogP contribution in [0.4, 0.5) is 0 Å². The van der Waals surface area contributed by atoms with Crippen molar-refractivity contribution < 1.29 is 10.4 Å². The lowest BCUT2D eigenvalue weighted by molar-refractivity contribution is 0.315. The minimum atomic E-state index is 0.381. The molecule has 0 heterocycles. The molecule has 0 saturated heterocycles. The molecule has 0 aromatic rings. The zero-order valence-electron chi connectivity index (χ0n) is 4.66.